The number of anilines is 2. The number of pyridine rings is 1. The third-order valence-corrected chi connectivity index (χ3v) is 7.44. The monoisotopic (exact) mass is 402 g/mol. The van der Waals surface area contributed by atoms with Crippen LogP contribution < -0.4 is 10.2 Å². The molecule has 28 heavy (non-hydrogen) atoms. The molecular weight excluding hydrogens is 377 g/mol. The number of ether oxygens (including phenoxy) is 1. The Labute approximate surface area is 167 Å². The van der Waals surface area contributed by atoms with E-state index in [0.717, 1.165) is 73.4 Å². The topological polar surface area (TPSA) is 57.6 Å². The molecule has 0 saturated carbocycles. The summed E-state index contributed by atoms with van der Waals surface area (Å²) in [5.74, 6) is 1.97. The van der Waals surface area contributed by atoms with Gasteiger partial charge in [-0.15, -0.1) is 0 Å². The Morgan fingerprint density at radius 3 is 2.68 bits per heavy atom. The Hall–Kier alpha value is -1.83. The van der Waals surface area contributed by atoms with Gasteiger partial charge < -0.3 is 15.0 Å². The number of nitrogens with zero attached hydrogens (tertiary/aromatic N) is 2. The van der Waals surface area contributed by atoms with Crippen LogP contribution in [0.1, 0.15) is 30.0 Å². The first-order valence-electron chi connectivity index (χ1n) is 9.96. The Bertz CT molecular complexity index is 851. The van der Waals surface area contributed by atoms with Crippen LogP contribution >= 0.6 is 0 Å². The van der Waals surface area contributed by atoms with E-state index in [2.05, 4.69) is 16.3 Å². The molecule has 2 N–H and O–H groups in total. The van der Waals surface area contributed by atoms with E-state index >= 15 is 0 Å². The molecule has 4 heterocycles. The minimum absolute atomic E-state index is 0.191. The van der Waals surface area contributed by atoms with Gasteiger partial charge in [0.05, 0.1) is 5.69 Å². The number of fused-ring (bicyclic) bond motifs is 1. The van der Waals surface area contributed by atoms with Crippen LogP contribution in [-0.2, 0) is 22.3 Å². The lowest BCUT2D eigenvalue weighted by molar-refractivity contribution is 0.0904. The highest BCUT2D eigenvalue weighted by Crippen LogP contribution is 2.38. The highest BCUT2D eigenvalue weighted by atomic mass is 32.2. The number of rotatable bonds is 4. The second kappa shape index (κ2) is 7.54. The van der Waals surface area contributed by atoms with Crippen molar-refractivity contribution in [2.75, 3.05) is 42.3 Å². The Balaban J connectivity index is 1.35. The summed E-state index contributed by atoms with van der Waals surface area (Å²) in [6, 6.07) is 9.31. The Morgan fingerprint density at radius 1 is 1.18 bits per heavy atom. The van der Waals surface area contributed by atoms with Crippen molar-refractivity contribution in [3.63, 3.8) is 0 Å². The first-order chi connectivity index (χ1) is 13.7. The molecule has 5 rings (SSSR count). The number of hydrogen-bond donors (Lipinski definition) is 2. The fraction of sp³-hybridized carbons (Fsp3) is 0.476. The summed E-state index contributed by atoms with van der Waals surface area (Å²) in [5, 5.41) is 3.66. The maximum absolute atomic E-state index is 13.2. The van der Waals surface area contributed by atoms with E-state index in [0.29, 0.717) is 12.0 Å². The highest BCUT2D eigenvalue weighted by Gasteiger charge is 2.39. The zero-order valence-electron chi connectivity index (χ0n) is 15.7. The molecule has 0 spiro atoms. The summed E-state index contributed by atoms with van der Waals surface area (Å²) < 4.78 is 29.1. The zero-order chi connectivity index (χ0) is 19.1. The van der Waals surface area contributed by atoms with Crippen molar-refractivity contribution < 1.29 is 13.7 Å². The molecule has 0 amide bonds. The van der Waals surface area contributed by atoms with Crippen molar-refractivity contribution >= 4 is 22.7 Å². The number of benzene rings is 1. The predicted molar refractivity (Wildman–Crippen MR) is 110 cm³/mol. The molecule has 0 bridgehead atoms. The Kier molecular flexibility index (Phi) is 4.90. The first-order valence-corrected chi connectivity index (χ1v) is 11.3. The van der Waals surface area contributed by atoms with Crippen LogP contribution in [0.25, 0.3) is 0 Å². The van der Waals surface area contributed by atoms with Gasteiger partial charge in [0, 0.05) is 50.8 Å². The predicted octanol–water partition coefficient (Wildman–Crippen LogP) is 3.42. The third kappa shape index (κ3) is 3.47. The Morgan fingerprint density at radius 2 is 1.93 bits per heavy atom. The van der Waals surface area contributed by atoms with Crippen molar-refractivity contribution in [2.24, 2.45) is 0 Å². The molecule has 1 aromatic carbocycles. The maximum atomic E-state index is 13.2. The van der Waals surface area contributed by atoms with Gasteiger partial charge in [0.15, 0.2) is 16.9 Å². The second-order valence-electron chi connectivity index (χ2n) is 7.81. The standard InChI is InChI=1S/C21H25FN3O2S/c22-16-3-1-14(2-4-16)15-12-25(13-15)20-11-19(23-17-5-8-27-9-6-17)21-18(24-20)7-10-28(21)26/h1-4,11,15,17,26H,5-10,12-13H2,(H,23,24)/q+1. The van der Waals surface area contributed by atoms with Gasteiger partial charge in [0.25, 0.3) is 0 Å². The van der Waals surface area contributed by atoms with Crippen molar-refractivity contribution in [3.8, 4) is 0 Å². The van der Waals surface area contributed by atoms with E-state index < -0.39 is 11.2 Å². The van der Waals surface area contributed by atoms with Gasteiger partial charge in [-0.25, -0.2) is 9.37 Å². The molecule has 2 saturated heterocycles. The number of hydrogen-bond acceptors (Lipinski definition) is 5. The van der Waals surface area contributed by atoms with Crippen molar-refractivity contribution in [2.45, 2.75) is 36.1 Å². The molecule has 3 aliphatic rings. The summed E-state index contributed by atoms with van der Waals surface area (Å²) in [7, 11) is 0. The van der Waals surface area contributed by atoms with E-state index in [4.69, 9.17) is 9.72 Å². The van der Waals surface area contributed by atoms with Gasteiger partial charge in [-0.05, 0) is 30.5 Å². The summed E-state index contributed by atoms with van der Waals surface area (Å²) in [6.45, 7) is 3.35. The molecule has 3 aliphatic heterocycles. The summed E-state index contributed by atoms with van der Waals surface area (Å²) >= 11 is -0.718. The minimum atomic E-state index is -0.718. The van der Waals surface area contributed by atoms with Crippen LogP contribution in [0.3, 0.4) is 0 Å². The lowest BCUT2D eigenvalue weighted by Gasteiger charge is -2.40. The maximum Gasteiger partial charge on any atom is 0.234 e. The van der Waals surface area contributed by atoms with Crippen LogP contribution in [0.4, 0.5) is 15.9 Å². The summed E-state index contributed by atoms with van der Waals surface area (Å²) in [4.78, 5) is 8.15. The average Bonchev–Trinajstić information content (AvgIpc) is 3.04. The van der Waals surface area contributed by atoms with E-state index in [1.165, 1.54) is 17.7 Å². The quantitative estimate of drug-likeness (QED) is 0.768. The first kappa shape index (κ1) is 18.2. The molecule has 0 radical (unpaired) electrons. The number of nitrogens with one attached hydrogen (secondary N) is 1. The van der Waals surface area contributed by atoms with Crippen molar-refractivity contribution in [3.05, 3.63) is 47.4 Å². The van der Waals surface area contributed by atoms with Crippen LogP contribution in [0.15, 0.2) is 35.2 Å². The zero-order valence-corrected chi connectivity index (χ0v) is 16.6. The minimum Gasteiger partial charge on any atom is -0.381 e. The molecule has 2 fully saturated rings. The fourth-order valence-electron chi connectivity index (χ4n) is 4.24. The number of halogens is 1. The second-order valence-corrected chi connectivity index (χ2v) is 9.35. The molecule has 2 aromatic rings. The van der Waals surface area contributed by atoms with E-state index in [-0.39, 0.29) is 5.82 Å². The molecular formula is C21H25FN3O2S+. The van der Waals surface area contributed by atoms with Gasteiger partial charge in [-0.2, -0.15) is 4.55 Å². The molecule has 0 aliphatic carbocycles. The van der Waals surface area contributed by atoms with E-state index in [1.54, 1.807) is 0 Å². The normalized spacial score (nSPS) is 22.8. The van der Waals surface area contributed by atoms with Gasteiger partial charge in [0.1, 0.15) is 17.3 Å². The molecule has 7 heteroatoms. The third-order valence-electron chi connectivity index (χ3n) is 5.93. The molecule has 5 nitrogen and oxygen atoms in total. The van der Waals surface area contributed by atoms with Crippen LogP contribution in [-0.4, -0.2) is 47.6 Å². The summed E-state index contributed by atoms with van der Waals surface area (Å²) in [6.07, 6.45) is 2.81. The molecule has 148 valence electrons. The molecule has 1 atom stereocenters. The molecule has 1 unspecified atom stereocenters. The SMILES string of the molecule is O[S+]1CCc2nc(N3CC(c4ccc(F)cc4)C3)cc(NC3CCOCC3)c21. The van der Waals surface area contributed by atoms with Crippen LogP contribution in [0, 0.1) is 5.82 Å². The summed E-state index contributed by atoms with van der Waals surface area (Å²) in [5.41, 5.74) is 3.25. The average molecular weight is 403 g/mol. The lowest BCUT2D eigenvalue weighted by atomic mass is 9.91. The van der Waals surface area contributed by atoms with Crippen molar-refractivity contribution in [1.82, 2.24) is 4.98 Å². The van der Waals surface area contributed by atoms with Crippen LogP contribution in [0.2, 0.25) is 0 Å². The van der Waals surface area contributed by atoms with Gasteiger partial charge in [-0.1, -0.05) is 12.1 Å². The highest BCUT2D eigenvalue weighted by molar-refractivity contribution is 7.92. The fourth-order valence-corrected chi connectivity index (χ4v) is 5.62. The largest absolute Gasteiger partial charge is 0.381 e. The number of aryl methyl sites for hydroxylation is 1. The van der Waals surface area contributed by atoms with E-state index in [9.17, 15) is 8.94 Å². The van der Waals surface area contributed by atoms with Crippen molar-refractivity contribution in [1.29, 1.82) is 0 Å². The molecule has 1 aromatic heterocycles. The lowest BCUT2D eigenvalue weighted by Crippen LogP contribution is -2.45. The van der Waals surface area contributed by atoms with Crippen LogP contribution in [0.5, 0.6) is 0 Å². The smallest absolute Gasteiger partial charge is 0.234 e. The van der Waals surface area contributed by atoms with E-state index in [1.807, 2.05) is 12.1 Å². The van der Waals surface area contributed by atoms with Gasteiger partial charge >= 0.3 is 0 Å². The number of aromatic nitrogens is 1. The van der Waals surface area contributed by atoms with Gasteiger partial charge in [-0.3, -0.25) is 0 Å². The van der Waals surface area contributed by atoms with Gasteiger partial charge in [0.2, 0.25) is 4.90 Å².